The van der Waals surface area contributed by atoms with Crippen molar-refractivity contribution >= 4 is 23.8 Å². The first-order chi connectivity index (χ1) is 22.4. The molecule has 0 saturated carbocycles. The number of nitrogens with zero attached hydrogens (tertiary/aromatic N) is 1. The molecular formula is C35H37N3O7S. The molecule has 0 bridgehead atoms. The fourth-order valence-electron chi connectivity index (χ4n) is 5.10. The largest absolute Gasteiger partial charge is 0.618 e. The maximum absolute atomic E-state index is 12.2. The van der Waals surface area contributed by atoms with E-state index in [0.717, 1.165) is 38.1 Å². The maximum Gasteiger partial charge on any atom is 0.325 e. The number of carbonyl (C=O) groups is 2. The van der Waals surface area contributed by atoms with Crippen LogP contribution in [0.25, 0.3) is 11.1 Å². The Morgan fingerprint density at radius 2 is 1.70 bits per heavy atom. The van der Waals surface area contributed by atoms with Crippen molar-refractivity contribution in [3.05, 3.63) is 125 Å². The predicted molar refractivity (Wildman–Crippen MR) is 173 cm³/mol. The van der Waals surface area contributed by atoms with Gasteiger partial charge in [0.15, 0.2) is 12.5 Å². The minimum Gasteiger partial charge on any atom is -0.618 e. The third-order valence-corrected chi connectivity index (χ3v) is 8.62. The minimum absolute atomic E-state index is 0.0305. The molecule has 1 aromatic heterocycles. The minimum atomic E-state index is -0.633. The number of rotatable bonds is 12. The first kappa shape index (κ1) is 33.0. The van der Waals surface area contributed by atoms with E-state index in [1.807, 2.05) is 78.9 Å². The molecule has 10 nitrogen and oxygen atoms in total. The highest BCUT2D eigenvalue weighted by atomic mass is 32.2. The van der Waals surface area contributed by atoms with E-state index in [9.17, 15) is 19.9 Å². The monoisotopic (exact) mass is 643 g/mol. The zero-order valence-electron chi connectivity index (χ0n) is 25.5. The lowest BCUT2D eigenvalue weighted by molar-refractivity contribution is -0.645. The molecule has 1 aliphatic heterocycles. The number of ether oxygens (including phenoxy) is 3. The summed E-state index contributed by atoms with van der Waals surface area (Å²) in [5, 5.41) is 27.6. The number of hydrogen-bond acceptors (Lipinski definition) is 8. The number of aromatic nitrogens is 1. The molecule has 240 valence electrons. The number of aliphatic hydroxyl groups is 1. The highest BCUT2D eigenvalue weighted by molar-refractivity contribution is 7.99. The molecule has 3 atom stereocenters. The van der Waals surface area contributed by atoms with E-state index in [-0.39, 0.29) is 38.5 Å². The first-order valence-corrected chi connectivity index (χ1v) is 16.1. The lowest BCUT2D eigenvalue weighted by Gasteiger charge is -2.36. The van der Waals surface area contributed by atoms with E-state index in [1.165, 1.54) is 18.0 Å². The molecule has 3 N–H and O–H groups in total. The lowest BCUT2D eigenvalue weighted by atomic mass is 9.98. The van der Waals surface area contributed by atoms with Gasteiger partial charge in [-0.2, -0.15) is 4.73 Å². The molecule has 3 unspecified atom stereocenters. The van der Waals surface area contributed by atoms with Crippen LogP contribution in [0.1, 0.15) is 48.0 Å². The van der Waals surface area contributed by atoms with Gasteiger partial charge < -0.3 is 35.2 Å². The van der Waals surface area contributed by atoms with Crippen molar-refractivity contribution in [1.82, 2.24) is 10.6 Å². The van der Waals surface area contributed by atoms with Crippen LogP contribution in [-0.2, 0) is 32.2 Å². The molecule has 4 aromatic rings. The molecule has 5 rings (SSSR count). The number of pyridine rings is 1. The van der Waals surface area contributed by atoms with Crippen molar-refractivity contribution in [1.29, 1.82) is 0 Å². The number of esters is 1. The quantitative estimate of drug-likeness (QED) is 0.0833. The lowest BCUT2D eigenvalue weighted by Crippen LogP contribution is -2.38. The molecule has 1 saturated heterocycles. The fraction of sp³-hybridized carbons (Fsp3) is 0.286. The van der Waals surface area contributed by atoms with Gasteiger partial charge in [0, 0.05) is 36.4 Å². The first-order valence-electron chi connectivity index (χ1n) is 15.1. The summed E-state index contributed by atoms with van der Waals surface area (Å²) in [5.41, 5.74) is 5.48. The van der Waals surface area contributed by atoms with Crippen molar-refractivity contribution in [2.24, 2.45) is 0 Å². The van der Waals surface area contributed by atoms with Crippen molar-refractivity contribution in [3.8, 4) is 11.1 Å². The summed E-state index contributed by atoms with van der Waals surface area (Å²) in [4.78, 5) is 23.8. The Bertz CT molecular complexity index is 1600. The average Bonchev–Trinajstić information content (AvgIpc) is 3.10. The van der Waals surface area contributed by atoms with Gasteiger partial charge in [-0.15, -0.1) is 0 Å². The molecule has 0 spiro atoms. The Morgan fingerprint density at radius 3 is 2.43 bits per heavy atom. The Hall–Kier alpha value is -4.42. The van der Waals surface area contributed by atoms with Crippen LogP contribution in [-0.4, -0.2) is 42.1 Å². The Morgan fingerprint density at radius 1 is 0.957 bits per heavy atom. The van der Waals surface area contributed by atoms with E-state index in [4.69, 9.17) is 14.2 Å². The van der Waals surface area contributed by atoms with Crippen molar-refractivity contribution in [2.45, 2.75) is 50.0 Å². The van der Waals surface area contributed by atoms with Crippen molar-refractivity contribution in [2.75, 3.05) is 18.9 Å². The molecule has 3 aromatic carbocycles. The number of carbonyl (C=O) groups excluding carboxylic acids is 2. The molecule has 2 heterocycles. The van der Waals surface area contributed by atoms with E-state index in [2.05, 4.69) is 10.6 Å². The molecular weight excluding hydrogens is 606 g/mol. The van der Waals surface area contributed by atoms with Crippen LogP contribution in [0.5, 0.6) is 0 Å². The van der Waals surface area contributed by atoms with Gasteiger partial charge >= 0.3 is 12.0 Å². The number of amides is 2. The third-order valence-electron chi connectivity index (χ3n) is 7.47. The van der Waals surface area contributed by atoms with Crippen LogP contribution in [0, 0.1) is 5.21 Å². The van der Waals surface area contributed by atoms with Crippen molar-refractivity contribution in [3.63, 3.8) is 0 Å². The van der Waals surface area contributed by atoms with E-state index in [0.29, 0.717) is 17.2 Å². The number of hydrogen-bond donors (Lipinski definition) is 3. The maximum atomic E-state index is 12.2. The summed E-state index contributed by atoms with van der Waals surface area (Å²) < 4.78 is 18.6. The molecule has 46 heavy (non-hydrogen) atoms. The van der Waals surface area contributed by atoms with Crippen LogP contribution in [0.4, 0.5) is 4.79 Å². The number of thioether (sulfide) groups is 1. The van der Waals surface area contributed by atoms with E-state index >= 15 is 0 Å². The highest BCUT2D eigenvalue weighted by Crippen LogP contribution is 2.39. The van der Waals surface area contributed by atoms with Crippen LogP contribution in [0.2, 0.25) is 0 Å². The van der Waals surface area contributed by atoms with Gasteiger partial charge in [0.05, 0.1) is 25.4 Å². The summed E-state index contributed by atoms with van der Waals surface area (Å²) in [6.45, 7) is 2.00. The summed E-state index contributed by atoms with van der Waals surface area (Å²) in [7, 11) is 0. The van der Waals surface area contributed by atoms with E-state index in [1.54, 1.807) is 19.1 Å². The molecule has 1 aliphatic rings. The fourth-order valence-corrected chi connectivity index (χ4v) is 6.04. The van der Waals surface area contributed by atoms with Gasteiger partial charge in [-0.1, -0.05) is 84.6 Å². The standard InChI is InChI=1S/C35H37N3O7S/c1-2-43-33(40)21-37-35(41)36-20-28-7-3-4-8-30(28)25-14-16-27(17-15-25)34-44-29(23-46-32-9-5-6-18-38(32)42)19-31(45-34)26-12-10-24(22-39)11-13-26/h3-18,29,31,34,39H,2,19-23H2,1H3,(H2,36,37,41). The summed E-state index contributed by atoms with van der Waals surface area (Å²) in [6, 6.07) is 28.3. The average molecular weight is 644 g/mol. The topological polar surface area (TPSA) is 133 Å². The normalized spacial score (nSPS) is 17.7. The predicted octanol–water partition coefficient (Wildman–Crippen LogP) is 5.18. The Balaban J connectivity index is 1.29. The summed E-state index contributed by atoms with van der Waals surface area (Å²) >= 11 is 1.45. The zero-order valence-corrected chi connectivity index (χ0v) is 26.3. The number of nitrogens with one attached hydrogen (secondary N) is 2. The molecule has 0 aliphatic carbocycles. The SMILES string of the molecule is CCOC(=O)CNC(=O)NCc1ccccc1-c1ccc(C2OC(CSc3cccc[n+]3[O-])CC(c3ccc(CO)cc3)O2)cc1. The third kappa shape index (κ3) is 8.85. The molecule has 11 heteroatoms. The number of benzene rings is 3. The van der Waals surface area contributed by atoms with Gasteiger partial charge in [-0.25, -0.2) is 4.79 Å². The molecule has 1 fully saturated rings. The summed E-state index contributed by atoms with van der Waals surface area (Å²) in [5.74, 6) is 0.0789. The number of urea groups is 1. The second-order valence-electron chi connectivity index (χ2n) is 10.6. The second kappa shape index (κ2) is 16.2. The number of aliphatic hydroxyl groups excluding tert-OH is 1. The van der Waals surface area contributed by atoms with Gasteiger partial charge in [-0.3, -0.25) is 4.79 Å². The molecule has 2 amide bonds. The Labute approximate surface area is 272 Å². The molecule has 0 radical (unpaired) electrons. The Kier molecular flexibility index (Phi) is 11.6. The zero-order chi connectivity index (χ0) is 32.3. The van der Waals surface area contributed by atoms with Gasteiger partial charge in [0.25, 0.3) is 5.03 Å². The van der Waals surface area contributed by atoms with Crippen LogP contribution < -0.4 is 15.4 Å². The van der Waals surface area contributed by atoms with E-state index < -0.39 is 18.3 Å². The summed E-state index contributed by atoms with van der Waals surface area (Å²) in [6.07, 6.45) is 1.03. The smallest absolute Gasteiger partial charge is 0.325 e. The highest BCUT2D eigenvalue weighted by Gasteiger charge is 2.32. The second-order valence-corrected chi connectivity index (χ2v) is 11.7. The van der Waals surface area contributed by atoms with Gasteiger partial charge in [0.2, 0.25) is 0 Å². The van der Waals surface area contributed by atoms with Crippen LogP contribution in [0.15, 0.2) is 102 Å². The van der Waals surface area contributed by atoms with Crippen LogP contribution >= 0.6 is 11.8 Å². The van der Waals surface area contributed by atoms with Gasteiger partial charge in [0.1, 0.15) is 6.54 Å². The van der Waals surface area contributed by atoms with Crippen molar-refractivity contribution < 1.29 is 33.6 Å². The van der Waals surface area contributed by atoms with Crippen LogP contribution in [0.3, 0.4) is 0 Å². The van der Waals surface area contributed by atoms with Gasteiger partial charge in [-0.05, 0) is 40.8 Å².